The first-order valence-electron chi connectivity index (χ1n) is 6.52. The molecular formula is C15H15ClFNO3S. The first-order chi connectivity index (χ1) is 10.4. The van der Waals surface area contributed by atoms with Gasteiger partial charge in [0.2, 0.25) is 0 Å². The summed E-state index contributed by atoms with van der Waals surface area (Å²) < 4.78 is 40.0. The van der Waals surface area contributed by atoms with Crippen molar-refractivity contribution in [2.45, 2.75) is 11.8 Å². The topological polar surface area (TPSA) is 57.6 Å². The molecule has 0 aliphatic rings. The number of sulfonamides is 1. The molecule has 22 heavy (non-hydrogen) atoms. The van der Waals surface area contributed by atoms with Crippen molar-refractivity contribution < 1.29 is 17.9 Å². The van der Waals surface area contributed by atoms with Crippen molar-refractivity contribution >= 4 is 27.3 Å². The molecule has 2 aromatic carbocycles. The quantitative estimate of drug-likeness (QED) is 0.908. The summed E-state index contributed by atoms with van der Waals surface area (Å²) in [7, 11) is -4.01. The Kier molecular flexibility index (Phi) is 5.05. The van der Waals surface area contributed by atoms with Crippen molar-refractivity contribution in [3.63, 3.8) is 0 Å². The number of halogens is 2. The van der Waals surface area contributed by atoms with Crippen LogP contribution in [0.1, 0.15) is 5.56 Å². The van der Waals surface area contributed by atoms with Gasteiger partial charge in [-0.05, 0) is 36.8 Å². The summed E-state index contributed by atoms with van der Waals surface area (Å²) in [5, 5.41) is 9.28. The second-order valence-electron chi connectivity index (χ2n) is 4.67. The Morgan fingerprint density at radius 2 is 1.91 bits per heavy atom. The van der Waals surface area contributed by atoms with Crippen LogP contribution in [0.15, 0.2) is 47.4 Å². The van der Waals surface area contributed by atoms with E-state index < -0.39 is 22.4 Å². The second kappa shape index (κ2) is 6.64. The fraction of sp³-hybridized carbons (Fsp3) is 0.200. The first kappa shape index (κ1) is 16.7. The average Bonchev–Trinajstić information content (AvgIpc) is 2.47. The normalized spacial score (nSPS) is 11.5. The lowest BCUT2D eigenvalue weighted by atomic mass is 10.2. The van der Waals surface area contributed by atoms with Crippen molar-refractivity contribution in [1.29, 1.82) is 0 Å². The van der Waals surface area contributed by atoms with E-state index in [4.69, 9.17) is 16.7 Å². The molecule has 0 bridgehead atoms. The molecule has 0 aliphatic heterocycles. The lowest BCUT2D eigenvalue weighted by Gasteiger charge is -2.24. The van der Waals surface area contributed by atoms with Crippen LogP contribution in [0.2, 0.25) is 5.02 Å². The van der Waals surface area contributed by atoms with E-state index in [1.807, 2.05) is 0 Å². The zero-order valence-corrected chi connectivity index (χ0v) is 13.4. The predicted octanol–water partition coefficient (Wildman–Crippen LogP) is 2.98. The molecule has 7 heteroatoms. The highest BCUT2D eigenvalue weighted by Gasteiger charge is 2.27. The predicted molar refractivity (Wildman–Crippen MR) is 84.2 cm³/mol. The van der Waals surface area contributed by atoms with Crippen LogP contribution in [0.25, 0.3) is 0 Å². The first-order valence-corrected chi connectivity index (χ1v) is 8.34. The second-order valence-corrected chi connectivity index (χ2v) is 6.88. The Balaban J connectivity index is 2.58. The van der Waals surface area contributed by atoms with Crippen LogP contribution in [0.3, 0.4) is 0 Å². The minimum atomic E-state index is -4.01. The number of aliphatic hydroxyl groups excluding tert-OH is 1. The number of aryl methyl sites for hydroxylation is 1. The molecule has 118 valence electrons. The maximum absolute atomic E-state index is 13.4. The summed E-state index contributed by atoms with van der Waals surface area (Å²) in [5.41, 5.74) is 0.748. The summed E-state index contributed by atoms with van der Waals surface area (Å²) in [6.07, 6.45) is 0. The molecular weight excluding hydrogens is 329 g/mol. The molecule has 0 atom stereocenters. The minimum absolute atomic E-state index is 0.0770. The average molecular weight is 344 g/mol. The van der Waals surface area contributed by atoms with Crippen LogP contribution in [0.5, 0.6) is 0 Å². The van der Waals surface area contributed by atoms with Crippen molar-refractivity contribution in [3.05, 3.63) is 58.9 Å². The molecule has 0 fully saturated rings. The third-order valence-corrected chi connectivity index (χ3v) is 5.61. The molecule has 0 saturated heterocycles. The Bertz CT molecular complexity index is 780. The summed E-state index contributed by atoms with van der Waals surface area (Å²) >= 11 is 6.10. The van der Waals surface area contributed by atoms with Crippen LogP contribution in [0.4, 0.5) is 10.1 Å². The largest absolute Gasteiger partial charge is 0.394 e. The van der Waals surface area contributed by atoms with Gasteiger partial charge in [0, 0.05) is 0 Å². The lowest BCUT2D eigenvalue weighted by Crippen LogP contribution is -2.34. The zero-order chi connectivity index (χ0) is 16.3. The highest BCUT2D eigenvalue weighted by Crippen LogP contribution is 2.30. The van der Waals surface area contributed by atoms with Crippen LogP contribution >= 0.6 is 11.6 Å². The molecule has 0 unspecified atom stereocenters. The Hall–Kier alpha value is -1.63. The van der Waals surface area contributed by atoms with Gasteiger partial charge >= 0.3 is 0 Å². The van der Waals surface area contributed by atoms with E-state index in [-0.39, 0.29) is 22.2 Å². The van der Waals surface area contributed by atoms with Gasteiger partial charge in [-0.1, -0.05) is 29.8 Å². The Labute approximate surface area is 133 Å². The molecule has 0 radical (unpaired) electrons. The highest BCUT2D eigenvalue weighted by molar-refractivity contribution is 7.93. The monoisotopic (exact) mass is 343 g/mol. The van der Waals surface area contributed by atoms with E-state index in [1.54, 1.807) is 19.1 Å². The van der Waals surface area contributed by atoms with E-state index in [0.29, 0.717) is 5.56 Å². The number of hydrogen-bond donors (Lipinski definition) is 1. The third-order valence-electron chi connectivity index (χ3n) is 3.12. The van der Waals surface area contributed by atoms with Crippen molar-refractivity contribution in [2.24, 2.45) is 0 Å². The Morgan fingerprint density at radius 3 is 2.55 bits per heavy atom. The maximum atomic E-state index is 13.4. The number of aliphatic hydroxyl groups is 1. The van der Waals surface area contributed by atoms with E-state index >= 15 is 0 Å². The summed E-state index contributed by atoms with van der Waals surface area (Å²) in [5.74, 6) is -0.564. The van der Waals surface area contributed by atoms with E-state index in [1.165, 1.54) is 24.3 Å². The third kappa shape index (κ3) is 3.24. The highest BCUT2D eigenvalue weighted by atomic mass is 35.5. The molecule has 2 aromatic rings. The number of nitrogens with zero attached hydrogens (tertiary/aromatic N) is 1. The molecule has 0 amide bonds. The molecule has 0 aliphatic carbocycles. The van der Waals surface area contributed by atoms with Gasteiger partial charge in [0.15, 0.2) is 0 Å². The number of hydrogen-bond acceptors (Lipinski definition) is 3. The standard InChI is InChI=1S/C15H15ClFNO3S/c1-11-4-2-7-14(15(11)16)22(20,21)18(8-9-19)13-6-3-5-12(17)10-13/h2-7,10,19H,8-9H2,1H3. The number of anilines is 1. The van der Waals surface area contributed by atoms with Gasteiger partial charge in [-0.2, -0.15) is 0 Å². The zero-order valence-electron chi connectivity index (χ0n) is 11.8. The molecule has 2 rings (SSSR count). The molecule has 0 spiro atoms. The fourth-order valence-corrected chi connectivity index (χ4v) is 4.06. The maximum Gasteiger partial charge on any atom is 0.265 e. The Morgan fingerprint density at radius 1 is 1.23 bits per heavy atom. The van der Waals surface area contributed by atoms with Crippen molar-refractivity contribution in [3.8, 4) is 0 Å². The van der Waals surface area contributed by atoms with Gasteiger partial charge < -0.3 is 5.11 Å². The van der Waals surface area contributed by atoms with Gasteiger partial charge in [0.25, 0.3) is 10.0 Å². The molecule has 0 heterocycles. The molecule has 1 N–H and O–H groups in total. The van der Waals surface area contributed by atoms with Gasteiger partial charge in [0.05, 0.1) is 23.9 Å². The lowest BCUT2D eigenvalue weighted by molar-refractivity contribution is 0.306. The summed E-state index contributed by atoms with van der Waals surface area (Å²) in [6, 6.07) is 9.83. The van der Waals surface area contributed by atoms with Crippen molar-refractivity contribution in [2.75, 3.05) is 17.5 Å². The molecule has 0 saturated carbocycles. The minimum Gasteiger partial charge on any atom is -0.394 e. The van der Waals surface area contributed by atoms with Gasteiger partial charge in [-0.15, -0.1) is 0 Å². The fourth-order valence-electron chi connectivity index (χ4n) is 2.05. The van der Waals surface area contributed by atoms with Crippen LogP contribution in [-0.4, -0.2) is 26.7 Å². The van der Waals surface area contributed by atoms with E-state index in [9.17, 15) is 12.8 Å². The number of benzene rings is 2. The summed E-state index contributed by atoms with van der Waals surface area (Å²) in [4.78, 5) is -0.0770. The van der Waals surface area contributed by atoms with Crippen LogP contribution in [-0.2, 0) is 10.0 Å². The van der Waals surface area contributed by atoms with Gasteiger partial charge in [0.1, 0.15) is 10.7 Å². The van der Waals surface area contributed by atoms with Crippen molar-refractivity contribution in [1.82, 2.24) is 0 Å². The van der Waals surface area contributed by atoms with Gasteiger partial charge in [-0.3, -0.25) is 4.31 Å². The number of rotatable bonds is 5. The van der Waals surface area contributed by atoms with Gasteiger partial charge in [-0.25, -0.2) is 12.8 Å². The van der Waals surface area contributed by atoms with Crippen LogP contribution < -0.4 is 4.31 Å². The summed E-state index contributed by atoms with van der Waals surface area (Å²) in [6.45, 7) is 1.09. The SMILES string of the molecule is Cc1cccc(S(=O)(=O)N(CCO)c2cccc(F)c2)c1Cl. The molecule has 0 aromatic heterocycles. The smallest absolute Gasteiger partial charge is 0.265 e. The van der Waals surface area contributed by atoms with E-state index in [2.05, 4.69) is 0 Å². The molecule has 4 nitrogen and oxygen atoms in total. The van der Waals surface area contributed by atoms with Crippen LogP contribution in [0, 0.1) is 12.7 Å². The van der Waals surface area contributed by atoms with E-state index in [0.717, 1.165) is 10.4 Å².